The molecule has 0 bridgehead atoms. The number of fused-ring (bicyclic) bond motifs is 1. The summed E-state index contributed by atoms with van der Waals surface area (Å²) in [5, 5.41) is 0.827. The average molecular weight is 325 g/mol. The molecule has 0 aliphatic carbocycles. The molecule has 0 saturated carbocycles. The van der Waals surface area contributed by atoms with Gasteiger partial charge < -0.3 is 9.15 Å². The van der Waals surface area contributed by atoms with Crippen molar-refractivity contribution in [2.75, 3.05) is 6.61 Å². The normalized spacial score (nSPS) is 10.6. The molecule has 1 aromatic heterocycles. The van der Waals surface area contributed by atoms with E-state index in [4.69, 9.17) is 9.15 Å². The Hall–Kier alpha value is -1.62. The van der Waals surface area contributed by atoms with Gasteiger partial charge in [0.05, 0.1) is 6.61 Å². The first-order valence-electron chi connectivity index (χ1n) is 5.98. The van der Waals surface area contributed by atoms with Gasteiger partial charge in [-0.15, -0.1) is 0 Å². The minimum atomic E-state index is -0.404. The van der Waals surface area contributed by atoms with E-state index in [1.54, 1.807) is 19.1 Å². The van der Waals surface area contributed by atoms with Gasteiger partial charge in [0, 0.05) is 21.8 Å². The molecule has 100 valence electrons. The van der Waals surface area contributed by atoms with Crippen molar-refractivity contribution in [3.63, 3.8) is 0 Å². The summed E-state index contributed by atoms with van der Waals surface area (Å²) in [5.74, 6) is -0.309. The summed E-state index contributed by atoms with van der Waals surface area (Å²) >= 11 is 3.36. The SMILES string of the molecule is CCOC(=O)CCc1cc2cc(Br)ccc2oc1=O. The molecule has 0 aliphatic rings. The minimum absolute atomic E-state index is 0.179. The standard InChI is InChI=1S/C14H13BrO4/c1-2-18-13(16)6-3-9-7-10-8-11(15)4-5-12(10)19-14(9)17/h4-5,7-8H,2-3,6H2,1H3. The van der Waals surface area contributed by atoms with E-state index in [-0.39, 0.29) is 12.4 Å². The van der Waals surface area contributed by atoms with Crippen LogP contribution in [0.15, 0.2) is 37.9 Å². The first-order chi connectivity index (χ1) is 9.10. The smallest absolute Gasteiger partial charge is 0.339 e. The van der Waals surface area contributed by atoms with Crippen LogP contribution in [0.4, 0.5) is 0 Å². The molecule has 0 saturated heterocycles. The molecule has 1 aromatic carbocycles. The fraction of sp³-hybridized carbons (Fsp3) is 0.286. The summed E-state index contributed by atoms with van der Waals surface area (Å²) in [6.45, 7) is 2.10. The van der Waals surface area contributed by atoms with Crippen molar-refractivity contribution in [3.05, 3.63) is 44.7 Å². The van der Waals surface area contributed by atoms with E-state index in [0.717, 1.165) is 9.86 Å². The predicted octanol–water partition coefficient (Wildman–Crippen LogP) is 3.05. The van der Waals surface area contributed by atoms with Gasteiger partial charge in [-0.3, -0.25) is 4.79 Å². The Morgan fingerprint density at radius 3 is 2.89 bits per heavy atom. The van der Waals surface area contributed by atoms with Gasteiger partial charge in [0.25, 0.3) is 0 Å². The van der Waals surface area contributed by atoms with Crippen molar-refractivity contribution >= 4 is 32.9 Å². The maximum atomic E-state index is 11.8. The van der Waals surface area contributed by atoms with Gasteiger partial charge in [-0.05, 0) is 37.6 Å². The summed E-state index contributed by atoms with van der Waals surface area (Å²) in [6, 6.07) is 7.16. The number of hydrogen-bond donors (Lipinski definition) is 0. The van der Waals surface area contributed by atoms with Crippen LogP contribution in [0, 0.1) is 0 Å². The van der Waals surface area contributed by atoms with Crippen LogP contribution in [0.1, 0.15) is 18.9 Å². The maximum absolute atomic E-state index is 11.8. The van der Waals surface area contributed by atoms with Crippen LogP contribution < -0.4 is 5.63 Å². The van der Waals surface area contributed by atoms with E-state index < -0.39 is 5.63 Å². The first kappa shape index (κ1) is 13.8. The lowest BCUT2D eigenvalue weighted by molar-refractivity contribution is -0.143. The Bertz CT molecular complexity index is 660. The van der Waals surface area contributed by atoms with E-state index in [1.165, 1.54) is 0 Å². The van der Waals surface area contributed by atoms with Crippen LogP contribution in [0.5, 0.6) is 0 Å². The Labute approximate surface area is 118 Å². The first-order valence-corrected chi connectivity index (χ1v) is 6.77. The summed E-state index contributed by atoms with van der Waals surface area (Å²) in [6.07, 6.45) is 0.502. The number of esters is 1. The number of benzene rings is 1. The third kappa shape index (κ3) is 3.44. The fourth-order valence-electron chi connectivity index (χ4n) is 1.78. The molecule has 4 nitrogen and oxygen atoms in total. The lowest BCUT2D eigenvalue weighted by atomic mass is 10.1. The Kier molecular flexibility index (Phi) is 4.37. The lowest BCUT2D eigenvalue weighted by Crippen LogP contribution is -2.11. The number of hydrogen-bond acceptors (Lipinski definition) is 4. The second-order valence-electron chi connectivity index (χ2n) is 4.05. The van der Waals surface area contributed by atoms with E-state index in [1.807, 2.05) is 12.1 Å². The van der Waals surface area contributed by atoms with Gasteiger partial charge in [-0.25, -0.2) is 4.79 Å². The van der Waals surface area contributed by atoms with Gasteiger partial charge in [-0.1, -0.05) is 15.9 Å². The topological polar surface area (TPSA) is 56.5 Å². The Morgan fingerprint density at radius 2 is 2.16 bits per heavy atom. The van der Waals surface area contributed by atoms with Gasteiger partial charge in [-0.2, -0.15) is 0 Å². The average Bonchev–Trinajstić information content (AvgIpc) is 2.37. The van der Waals surface area contributed by atoms with E-state index in [2.05, 4.69) is 15.9 Å². The highest BCUT2D eigenvalue weighted by molar-refractivity contribution is 9.10. The van der Waals surface area contributed by atoms with Crippen LogP contribution in [0.25, 0.3) is 11.0 Å². The number of carbonyl (C=O) groups excluding carboxylic acids is 1. The molecule has 0 spiro atoms. The van der Waals surface area contributed by atoms with Crippen molar-refractivity contribution in [2.45, 2.75) is 19.8 Å². The van der Waals surface area contributed by atoms with Crippen molar-refractivity contribution in [1.29, 1.82) is 0 Å². The number of ether oxygens (including phenoxy) is 1. The predicted molar refractivity (Wildman–Crippen MR) is 75.1 cm³/mol. The van der Waals surface area contributed by atoms with Crippen molar-refractivity contribution < 1.29 is 13.9 Å². The zero-order valence-electron chi connectivity index (χ0n) is 10.4. The fourth-order valence-corrected chi connectivity index (χ4v) is 2.16. The highest BCUT2D eigenvalue weighted by Gasteiger charge is 2.09. The summed E-state index contributed by atoms with van der Waals surface area (Å²) in [7, 11) is 0. The second-order valence-corrected chi connectivity index (χ2v) is 4.96. The van der Waals surface area contributed by atoms with E-state index in [0.29, 0.717) is 24.2 Å². The molecule has 5 heteroatoms. The molecule has 2 rings (SSSR count). The summed E-state index contributed by atoms with van der Waals surface area (Å²) in [4.78, 5) is 23.0. The molecule has 0 aliphatic heterocycles. The van der Waals surface area contributed by atoms with Crippen LogP contribution in [-0.2, 0) is 16.0 Å². The molecule has 1 heterocycles. The van der Waals surface area contributed by atoms with E-state index >= 15 is 0 Å². The summed E-state index contributed by atoms with van der Waals surface area (Å²) in [5.41, 5.74) is 0.617. The molecule has 2 aromatic rings. The molecule has 0 N–H and O–H groups in total. The largest absolute Gasteiger partial charge is 0.466 e. The van der Waals surface area contributed by atoms with E-state index in [9.17, 15) is 9.59 Å². The molecular formula is C14H13BrO4. The highest BCUT2D eigenvalue weighted by Crippen LogP contribution is 2.19. The monoisotopic (exact) mass is 324 g/mol. The Morgan fingerprint density at radius 1 is 1.37 bits per heavy atom. The van der Waals surface area contributed by atoms with Crippen molar-refractivity contribution in [3.8, 4) is 0 Å². The number of rotatable bonds is 4. The van der Waals surface area contributed by atoms with Crippen LogP contribution in [0.3, 0.4) is 0 Å². The van der Waals surface area contributed by atoms with Crippen LogP contribution in [-0.4, -0.2) is 12.6 Å². The Balaban J connectivity index is 2.25. The van der Waals surface area contributed by atoms with Crippen molar-refractivity contribution in [2.24, 2.45) is 0 Å². The maximum Gasteiger partial charge on any atom is 0.339 e. The number of carbonyl (C=O) groups is 1. The third-order valence-corrected chi connectivity index (χ3v) is 3.16. The van der Waals surface area contributed by atoms with Crippen molar-refractivity contribution in [1.82, 2.24) is 0 Å². The molecule has 0 atom stereocenters. The quantitative estimate of drug-likeness (QED) is 0.640. The van der Waals surface area contributed by atoms with Crippen LogP contribution in [0.2, 0.25) is 0 Å². The van der Waals surface area contributed by atoms with Crippen LogP contribution >= 0.6 is 15.9 Å². The zero-order chi connectivity index (χ0) is 13.8. The van der Waals surface area contributed by atoms with Gasteiger partial charge in [0.1, 0.15) is 5.58 Å². The van der Waals surface area contributed by atoms with Gasteiger partial charge in [0.2, 0.25) is 0 Å². The van der Waals surface area contributed by atoms with Gasteiger partial charge >= 0.3 is 11.6 Å². The lowest BCUT2D eigenvalue weighted by Gasteiger charge is -2.03. The highest BCUT2D eigenvalue weighted by atomic mass is 79.9. The molecular weight excluding hydrogens is 312 g/mol. The minimum Gasteiger partial charge on any atom is -0.466 e. The molecule has 0 fully saturated rings. The molecule has 0 unspecified atom stereocenters. The third-order valence-electron chi connectivity index (χ3n) is 2.67. The zero-order valence-corrected chi connectivity index (χ0v) is 12.0. The summed E-state index contributed by atoms with van der Waals surface area (Å²) < 4.78 is 11.0. The molecule has 0 amide bonds. The molecule has 0 radical (unpaired) electrons. The van der Waals surface area contributed by atoms with Gasteiger partial charge in [0.15, 0.2) is 0 Å². The second kappa shape index (κ2) is 6.02. The number of aryl methyl sites for hydroxylation is 1. The molecule has 19 heavy (non-hydrogen) atoms. The number of halogens is 1.